The number of fused-ring (bicyclic) bond motifs is 2. The topological polar surface area (TPSA) is 54.0 Å². The average molecular weight is 303 g/mol. The summed E-state index contributed by atoms with van der Waals surface area (Å²) < 4.78 is 0. The summed E-state index contributed by atoms with van der Waals surface area (Å²) in [6.45, 7) is 0.692. The van der Waals surface area contributed by atoms with E-state index in [-0.39, 0.29) is 11.9 Å². The van der Waals surface area contributed by atoms with Gasteiger partial charge in [-0.2, -0.15) is 0 Å². The Hall–Kier alpha value is -2.88. The summed E-state index contributed by atoms with van der Waals surface area (Å²) in [5, 5.41) is 7.57. The van der Waals surface area contributed by atoms with Crippen molar-refractivity contribution in [1.29, 1.82) is 0 Å². The van der Waals surface area contributed by atoms with Crippen molar-refractivity contribution in [1.82, 2.24) is 10.3 Å². The van der Waals surface area contributed by atoms with Gasteiger partial charge in [-0.3, -0.25) is 9.78 Å². The molecule has 0 spiro atoms. The minimum absolute atomic E-state index is 0.0172. The number of amides is 1. The monoisotopic (exact) mass is 303 g/mol. The highest BCUT2D eigenvalue weighted by Crippen LogP contribution is 2.19. The van der Waals surface area contributed by atoms with E-state index in [1.165, 1.54) is 0 Å². The van der Waals surface area contributed by atoms with Crippen LogP contribution in [-0.4, -0.2) is 23.5 Å². The van der Waals surface area contributed by atoms with E-state index in [0.29, 0.717) is 18.5 Å². The molecule has 4 nitrogen and oxygen atoms in total. The Kier molecular flexibility index (Phi) is 3.42. The van der Waals surface area contributed by atoms with Gasteiger partial charge in [0.15, 0.2) is 0 Å². The summed E-state index contributed by atoms with van der Waals surface area (Å²) in [6.07, 6.45) is 0.706. The van der Waals surface area contributed by atoms with E-state index >= 15 is 0 Å². The van der Waals surface area contributed by atoms with Crippen molar-refractivity contribution in [3.63, 3.8) is 0 Å². The molecule has 1 aromatic heterocycles. The molecule has 0 aliphatic carbocycles. The Morgan fingerprint density at radius 2 is 1.83 bits per heavy atom. The lowest BCUT2D eigenvalue weighted by Crippen LogP contribution is -2.38. The molecule has 1 amide bonds. The molecule has 1 atom stereocenters. The number of hydrogen-bond acceptors (Lipinski definition) is 3. The highest BCUT2D eigenvalue weighted by Gasteiger charge is 2.21. The van der Waals surface area contributed by atoms with Crippen molar-refractivity contribution in [2.45, 2.75) is 12.5 Å². The van der Waals surface area contributed by atoms with Crippen molar-refractivity contribution in [2.24, 2.45) is 0 Å². The number of carbonyl (C=O) groups is 1. The van der Waals surface area contributed by atoms with Crippen LogP contribution < -0.4 is 10.6 Å². The van der Waals surface area contributed by atoms with Gasteiger partial charge in [-0.25, -0.2) is 0 Å². The molecule has 3 aromatic rings. The zero-order chi connectivity index (χ0) is 15.6. The van der Waals surface area contributed by atoms with Crippen LogP contribution in [0.1, 0.15) is 16.1 Å². The lowest BCUT2D eigenvalue weighted by atomic mass is 10.1. The van der Waals surface area contributed by atoms with Gasteiger partial charge < -0.3 is 10.6 Å². The number of benzene rings is 2. The van der Waals surface area contributed by atoms with E-state index in [0.717, 1.165) is 22.3 Å². The van der Waals surface area contributed by atoms with Crippen LogP contribution in [0.15, 0.2) is 60.7 Å². The van der Waals surface area contributed by atoms with Gasteiger partial charge in [-0.05, 0) is 24.3 Å². The molecule has 2 N–H and O–H groups in total. The Morgan fingerprint density at radius 1 is 1.00 bits per heavy atom. The molecule has 1 aliphatic heterocycles. The van der Waals surface area contributed by atoms with Crippen LogP contribution in [0.5, 0.6) is 0 Å². The lowest BCUT2D eigenvalue weighted by Gasteiger charge is -2.15. The van der Waals surface area contributed by atoms with Gasteiger partial charge in [0.25, 0.3) is 5.91 Å². The van der Waals surface area contributed by atoms with Crippen LogP contribution in [0.3, 0.4) is 0 Å². The maximum absolute atomic E-state index is 12.3. The first kappa shape index (κ1) is 13.8. The Balaban J connectivity index is 1.56. The molecule has 0 bridgehead atoms. The van der Waals surface area contributed by atoms with Crippen LogP contribution in [-0.2, 0) is 6.42 Å². The van der Waals surface area contributed by atoms with Crippen LogP contribution >= 0.6 is 0 Å². The third-order valence-corrected chi connectivity index (χ3v) is 4.16. The summed E-state index contributed by atoms with van der Waals surface area (Å²) in [7, 11) is 0. The zero-order valence-electron chi connectivity index (χ0n) is 12.6. The zero-order valence-corrected chi connectivity index (χ0v) is 12.6. The van der Waals surface area contributed by atoms with Crippen molar-refractivity contribution in [3.8, 4) is 0 Å². The minimum atomic E-state index is -0.0311. The highest BCUT2D eigenvalue weighted by molar-refractivity contribution is 6.00. The molecule has 23 heavy (non-hydrogen) atoms. The molecule has 4 heteroatoms. The van der Waals surface area contributed by atoms with Gasteiger partial charge in [0.1, 0.15) is 0 Å². The third-order valence-electron chi connectivity index (χ3n) is 4.16. The first-order valence-electron chi connectivity index (χ1n) is 7.78. The second kappa shape index (κ2) is 5.72. The van der Waals surface area contributed by atoms with Gasteiger partial charge in [0.05, 0.1) is 17.1 Å². The highest BCUT2D eigenvalue weighted by atomic mass is 16.1. The quantitative estimate of drug-likeness (QED) is 0.765. The van der Waals surface area contributed by atoms with Crippen molar-refractivity contribution >= 4 is 22.5 Å². The molecule has 0 radical (unpaired) electrons. The number of rotatable bonds is 2. The standard InChI is InChI=1S/C19H17N3O/c23-19-16-6-2-4-8-18(16)20-12-15(22-19)11-14-10-9-13-5-1-3-7-17(13)21-14/h1-10,15,20H,11-12H2,(H,22,23). The molecule has 4 rings (SSSR count). The molecule has 1 aliphatic rings. The Labute approximate surface area is 134 Å². The SMILES string of the molecule is O=C1NC(Cc2ccc3ccccc3n2)CNc2ccccc21. The Morgan fingerprint density at radius 3 is 2.78 bits per heavy atom. The van der Waals surface area contributed by atoms with E-state index in [9.17, 15) is 4.79 Å². The van der Waals surface area contributed by atoms with E-state index in [4.69, 9.17) is 4.98 Å². The molecular formula is C19H17N3O. The van der Waals surface area contributed by atoms with Gasteiger partial charge in [-0.1, -0.05) is 36.4 Å². The van der Waals surface area contributed by atoms with E-state index in [1.807, 2.05) is 48.5 Å². The molecule has 1 unspecified atom stereocenters. The smallest absolute Gasteiger partial charge is 0.253 e. The number of anilines is 1. The molecule has 114 valence electrons. The predicted octanol–water partition coefficient (Wildman–Crippen LogP) is 3.00. The summed E-state index contributed by atoms with van der Waals surface area (Å²) in [5.41, 5.74) is 3.56. The van der Waals surface area contributed by atoms with Crippen LogP contribution in [0.25, 0.3) is 10.9 Å². The average Bonchev–Trinajstić information content (AvgIpc) is 2.74. The number of para-hydroxylation sites is 2. The van der Waals surface area contributed by atoms with Crippen molar-refractivity contribution in [3.05, 3.63) is 71.9 Å². The second-order valence-corrected chi connectivity index (χ2v) is 5.80. The lowest BCUT2D eigenvalue weighted by molar-refractivity contribution is 0.0942. The first-order valence-corrected chi connectivity index (χ1v) is 7.78. The summed E-state index contributed by atoms with van der Waals surface area (Å²) in [5.74, 6) is -0.0311. The summed E-state index contributed by atoms with van der Waals surface area (Å²) >= 11 is 0. The van der Waals surface area contributed by atoms with E-state index in [2.05, 4.69) is 22.8 Å². The number of carbonyl (C=O) groups excluding carboxylic acids is 1. The van der Waals surface area contributed by atoms with Crippen molar-refractivity contribution in [2.75, 3.05) is 11.9 Å². The van der Waals surface area contributed by atoms with E-state index in [1.54, 1.807) is 0 Å². The molecular weight excluding hydrogens is 286 g/mol. The molecule has 0 fully saturated rings. The maximum atomic E-state index is 12.3. The summed E-state index contributed by atoms with van der Waals surface area (Å²) in [6, 6.07) is 19.8. The summed E-state index contributed by atoms with van der Waals surface area (Å²) in [4.78, 5) is 17.0. The van der Waals surface area contributed by atoms with Gasteiger partial charge in [0.2, 0.25) is 0 Å². The number of nitrogens with one attached hydrogen (secondary N) is 2. The number of hydrogen-bond donors (Lipinski definition) is 2. The minimum Gasteiger partial charge on any atom is -0.382 e. The van der Waals surface area contributed by atoms with Crippen molar-refractivity contribution < 1.29 is 4.79 Å². The van der Waals surface area contributed by atoms with Crippen LogP contribution in [0, 0.1) is 0 Å². The number of nitrogens with zero attached hydrogens (tertiary/aromatic N) is 1. The Bertz CT molecular complexity index is 875. The fourth-order valence-electron chi connectivity index (χ4n) is 2.98. The van der Waals surface area contributed by atoms with Crippen LogP contribution in [0.2, 0.25) is 0 Å². The van der Waals surface area contributed by atoms with Gasteiger partial charge >= 0.3 is 0 Å². The molecule has 2 heterocycles. The third kappa shape index (κ3) is 2.75. The molecule has 0 saturated heterocycles. The molecule has 0 saturated carbocycles. The van der Waals surface area contributed by atoms with Gasteiger partial charge in [0, 0.05) is 29.7 Å². The predicted molar refractivity (Wildman–Crippen MR) is 91.6 cm³/mol. The maximum Gasteiger partial charge on any atom is 0.253 e. The fourth-order valence-corrected chi connectivity index (χ4v) is 2.98. The fraction of sp³-hybridized carbons (Fsp3) is 0.158. The largest absolute Gasteiger partial charge is 0.382 e. The number of pyridine rings is 1. The van der Waals surface area contributed by atoms with Gasteiger partial charge in [-0.15, -0.1) is 0 Å². The van der Waals surface area contributed by atoms with E-state index < -0.39 is 0 Å². The first-order chi connectivity index (χ1) is 11.3. The normalized spacial score (nSPS) is 17.0. The second-order valence-electron chi connectivity index (χ2n) is 5.80. The number of aromatic nitrogens is 1. The van der Waals surface area contributed by atoms with Crippen LogP contribution in [0.4, 0.5) is 5.69 Å². The molecule has 2 aromatic carbocycles.